The Kier molecular flexibility index (Phi) is 8.23. The molecule has 0 N–H and O–H groups in total. The Bertz CT molecular complexity index is 1220. The standard InChI is InChI=1S/C28H28N2O4S/c1-20-8-10-21(11-9-20)19-34-25-7-5-4-6-22(25)18-26-27(31)30(16-17-32-2)28(35-26)29-23-12-14-24(33-3)15-13-23/h4-15,18H,16-17,19H2,1-3H3/b26-18-,29-28?. The number of amidine groups is 1. The molecule has 0 radical (unpaired) electrons. The van der Waals surface area contributed by atoms with Crippen molar-refractivity contribution in [2.24, 2.45) is 4.99 Å². The van der Waals surface area contributed by atoms with Crippen LogP contribution in [-0.4, -0.2) is 43.3 Å². The van der Waals surface area contributed by atoms with Crippen molar-refractivity contribution in [1.82, 2.24) is 4.90 Å². The Morgan fingerprint density at radius 2 is 1.71 bits per heavy atom. The van der Waals surface area contributed by atoms with Crippen LogP contribution in [0.5, 0.6) is 11.5 Å². The maximum absolute atomic E-state index is 13.3. The fourth-order valence-corrected chi connectivity index (χ4v) is 4.47. The van der Waals surface area contributed by atoms with Crippen molar-refractivity contribution in [2.75, 3.05) is 27.4 Å². The van der Waals surface area contributed by atoms with Crippen molar-refractivity contribution in [3.8, 4) is 11.5 Å². The lowest BCUT2D eigenvalue weighted by Gasteiger charge is -2.14. The monoisotopic (exact) mass is 488 g/mol. The Morgan fingerprint density at radius 3 is 2.43 bits per heavy atom. The van der Waals surface area contributed by atoms with E-state index in [4.69, 9.17) is 19.2 Å². The van der Waals surface area contributed by atoms with E-state index >= 15 is 0 Å². The van der Waals surface area contributed by atoms with E-state index in [0.717, 1.165) is 28.3 Å². The molecule has 1 fully saturated rings. The lowest BCUT2D eigenvalue weighted by molar-refractivity contribution is -0.122. The second kappa shape index (κ2) is 11.7. The molecule has 0 bridgehead atoms. The van der Waals surface area contributed by atoms with Crippen LogP contribution >= 0.6 is 11.8 Å². The first-order chi connectivity index (χ1) is 17.1. The van der Waals surface area contributed by atoms with Crippen LogP contribution in [-0.2, 0) is 16.1 Å². The number of thioether (sulfide) groups is 1. The number of nitrogens with zero attached hydrogens (tertiary/aromatic N) is 2. The molecule has 0 saturated carbocycles. The number of hydrogen-bond acceptors (Lipinski definition) is 6. The van der Waals surface area contributed by atoms with Gasteiger partial charge in [0.15, 0.2) is 5.17 Å². The van der Waals surface area contributed by atoms with E-state index in [9.17, 15) is 4.79 Å². The van der Waals surface area contributed by atoms with Gasteiger partial charge in [-0.3, -0.25) is 9.69 Å². The highest BCUT2D eigenvalue weighted by atomic mass is 32.2. The van der Waals surface area contributed by atoms with E-state index in [1.165, 1.54) is 17.3 Å². The van der Waals surface area contributed by atoms with Gasteiger partial charge in [0.25, 0.3) is 5.91 Å². The first kappa shape index (κ1) is 24.6. The summed E-state index contributed by atoms with van der Waals surface area (Å²) in [6.45, 7) is 3.34. The Morgan fingerprint density at radius 1 is 0.971 bits per heavy atom. The molecule has 180 valence electrons. The summed E-state index contributed by atoms with van der Waals surface area (Å²) in [5.74, 6) is 1.37. The quantitative estimate of drug-likeness (QED) is 0.355. The number of aliphatic imine (C=N–C) groups is 1. The molecule has 3 aromatic carbocycles. The summed E-state index contributed by atoms with van der Waals surface area (Å²) in [6, 6.07) is 23.4. The van der Waals surface area contributed by atoms with Gasteiger partial charge in [-0.2, -0.15) is 0 Å². The van der Waals surface area contributed by atoms with Crippen molar-refractivity contribution in [1.29, 1.82) is 0 Å². The van der Waals surface area contributed by atoms with Crippen LogP contribution in [0, 0.1) is 6.92 Å². The van der Waals surface area contributed by atoms with Gasteiger partial charge < -0.3 is 14.2 Å². The third-order valence-electron chi connectivity index (χ3n) is 5.42. The molecule has 0 aliphatic carbocycles. The third-order valence-corrected chi connectivity index (χ3v) is 6.43. The topological polar surface area (TPSA) is 60.4 Å². The van der Waals surface area contributed by atoms with Gasteiger partial charge in [0.2, 0.25) is 0 Å². The second-order valence-corrected chi connectivity index (χ2v) is 8.97. The Balaban J connectivity index is 1.58. The smallest absolute Gasteiger partial charge is 0.266 e. The van der Waals surface area contributed by atoms with Crippen molar-refractivity contribution in [2.45, 2.75) is 13.5 Å². The molecule has 1 heterocycles. The maximum atomic E-state index is 13.3. The number of ether oxygens (including phenoxy) is 3. The van der Waals surface area contributed by atoms with Gasteiger partial charge in [0, 0.05) is 12.7 Å². The Hall–Kier alpha value is -3.55. The zero-order valence-electron chi connectivity index (χ0n) is 20.1. The summed E-state index contributed by atoms with van der Waals surface area (Å²) in [4.78, 5) is 20.2. The molecule has 1 saturated heterocycles. The fraction of sp³-hybridized carbons (Fsp3) is 0.214. The zero-order valence-corrected chi connectivity index (χ0v) is 20.9. The summed E-state index contributed by atoms with van der Waals surface area (Å²) >= 11 is 1.35. The minimum atomic E-state index is -0.104. The molecule has 3 aromatic rings. The molecule has 0 spiro atoms. The largest absolute Gasteiger partial charge is 0.497 e. The number of benzene rings is 3. The number of carbonyl (C=O) groups is 1. The van der Waals surface area contributed by atoms with Crippen LogP contribution in [0.1, 0.15) is 16.7 Å². The van der Waals surface area contributed by atoms with E-state index in [0.29, 0.717) is 29.8 Å². The highest BCUT2D eigenvalue weighted by Crippen LogP contribution is 2.35. The van der Waals surface area contributed by atoms with Gasteiger partial charge in [-0.05, 0) is 60.7 Å². The van der Waals surface area contributed by atoms with Crippen molar-refractivity contribution in [3.05, 3.63) is 94.4 Å². The van der Waals surface area contributed by atoms with Gasteiger partial charge in [0.1, 0.15) is 18.1 Å². The van der Waals surface area contributed by atoms with Crippen LogP contribution in [0.15, 0.2) is 82.7 Å². The number of para-hydroxylation sites is 1. The molecular formula is C28H28N2O4S. The predicted octanol–water partition coefficient (Wildman–Crippen LogP) is 5.83. The minimum absolute atomic E-state index is 0.104. The van der Waals surface area contributed by atoms with Crippen LogP contribution in [0.3, 0.4) is 0 Å². The number of rotatable bonds is 9. The normalized spacial score (nSPS) is 15.7. The summed E-state index contributed by atoms with van der Waals surface area (Å²) < 4.78 is 16.5. The summed E-state index contributed by atoms with van der Waals surface area (Å²) in [5, 5.41) is 0.613. The average molecular weight is 489 g/mol. The molecule has 1 amide bonds. The van der Waals surface area contributed by atoms with Crippen LogP contribution in [0.25, 0.3) is 6.08 Å². The molecule has 6 nitrogen and oxygen atoms in total. The highest BCUT2D eigenvalue weighted by molar-refractivity contribution is 8.18. The van der Waals surface area contributed by atoms with Gasteiger partial charge in [-0.25, -0.2) is 4.99 Å². The van der Waals surface area contributed by atoms with E-state index in [-0.39, 0.29) is 5.91 Å². The van der Waals surface area contributed by atoms with Gasteiger partial charge in [-0.1, -0.05) is 48.0 Å². The SMILES string of the molecule is COCCN1C(=O)/C(=C/c2ccccc2OCc2ccc(C)cc2)SC1=Nc1ccc(OC)cc1. The van der Waals surface area contributed by atoms with Crippen molar-refractivity contribution < 1.29 is 19.0 Å². The van der Waals surface area contributed by atoms with E-state index in [2.05, 4.69) is 31.2 Å². The number of methoxy groups -OCH3 is 2. The lowest BCUT2D eigenvalue weighted by atomic mass is 10.1. The predicted molar refractivity (Wildman–Crippen MR) is 141 cm³/mol. The lowest BCUT2D eigenvalue weighted by Crippen LogP contribution is -2.32. The maximum Gasteiger partial charge on any atom is 0.266 e. The third kappa shape index (κ3) is 6.32. The molecule has 7 heteroatoms. The highest BCUT2D eigenvalue weighted by Gasteiger charge is 2.33. The first-order valence-corrected chi connectivity index (χ1v) is 12.1. The van der Waals surface area contributed by atoms with Crippen LogP contribution < -0.4 is 9.47 Å². The van der Waals surface area contributed by atoms with E-state index in [1.807, 2.05) is 54.6 Å². The number of carbonyl (C=O) groups excluding carboxylic acids is 1. The van der Waals surface area contributed by atoms with Crippen molar-refractivity contribution in [3.63, 3.8) is 0 Å². The molecule has 1 aliphatic rings. The number of aryl methyl sites for hydroxylation is 1. The molecule has 0 aromatic heterocycles. The minimum Gasteiger partial charge on any atom is -0.497 e. The van der Waals surface area contributed by atoms with Gasteiger partial charge in [0.05, 0.1) is 30.9 Å². The molecule has 0 unspecified atom stereocenters. The number of amides is 1. The fourth-order valence-electron chi connectivity index (χ4n) is 3.46. The van der Waals surface area contributed by atoms with E-state index < -0.39 is 0 Å². The molecule has 1 aliphatic heterocycles. The summed E-state index contributed by atoms with van der Waals surface area (Å²) in [6.07, 6.45) is 1.87. The van der Waals surface area contributed by atoms with Crippen LogP contribution in [0.2, 0.25) is 0 Å². The molecular weight excluding hydrogens is 460 g/mol. The zero-order chi connectivity index (χ0) is 24.6. The first-order valence-electron chi connectivity index (χ1n) is 11.3. The summed E-state index contributed by atoms with van der Waals surface area (Å²) in [5.41, 5.74) is 3.88. The number of hydrogen-bond donors (Lipinski definition) is 0. The van der Waals surface area contributed by atoms with Gasteiger partial charge in [-0.15, -0.1) is 0 Å². The van der Waals surface area contributed by atoms with Crippen LogP contribution in [0.4, 0.5) is 5.69 Å². The van der Waals surface area contributed by atoms with E-state index in [1.54, 1.807) is 19.1 Å². The molecule has 0 atom stereocenters. The van der Waals surface area contributed by atoms with Crippen molar-refractivity contribution >= 4 is 34.6 Å². The second-order valence-electron chi connectivity index (χ2n) is 7.96. The Labute approximate surface area is 210 Å². The average Bonchev–Trinajstić information content (AvgIpc) is 3.17. The molecule has 4 rings (SSSR count). The van der Waals surface area contributed by atoms with Gasteiger partial charge >= 0.3 is 0 Å². The summed E-state index contributed by atoms with van der Waals surface area (Å²) in [7, 11) is 3.24. The molecule has 35 heavy (non-hydrogen) atoms.